The zero-order chi connectivity index (χ0) is 34.6. The Kier molecular flexibility index (Phi) is 12.1. The van der Waals surface area contributed by atoms with Crippen molar-refractivity contribution in [1.82, 2.24) is 0 Å². The Balaban J connectivity index is 1.33. The van der Waals surface area contributed by atoms with Gasteiger partial charge in [0.25, 0.3) is 0 Å². The summed E-state index contributed by atoms with van der Waals surface area (Å²) in [5, 5.41) is 0. The summed E-state index contributed by atoms with van der Waals surface area (Å²) < 4.78 is 21.8. The average Bonchev–Trinajstić information content (AvgIpc) is 3.39. The van der Waals surface area contributed by atoms with Crippen molar-refractivity contribution in [3.63, 3.8) is 0 Å². The van der Waals surface area contributed by atoms with Gasteiger partial charge in [-0.25, -0.2) is 9.59 Å². The van der Waals surface area contributed by atoms with Gasteiger partial charge in [0.05, 0.1) is 26.4 Å². The van der Waals surface area contributed by atoms with Crippen LogP contribution >= 0.6 is 0 Å². The van der Waals surface area contributed by atoms with Gasteiger partial charge in [-0.2, -0.15) is 0 Å². The smallest absolute Gasteiger partial charge is 0.330 e. The first-order valence-corrected chi connectivity index (χ1v) is 17.3. The second kappa shape index (κ2) is 16.8. The molecule has 0 heterocycles. The molecule has 1 aliphatic rings. The Hall–Kier alpha value is -5.10. The molecule has 0 aliphatic heterocycles. The maximum atomic E-state index is 11.2. The minimum atomic E-state index is -0.416. The highest BCUT2D eigenvalue weighted by molar-refractivity contribution is 5.86. The number of fused-ring (bicyclic) bond motifs is 3. The Bertz CT molecular complexity index is 1620. The highest BCUT2D eigenvalue weighted by atomic mass is 16.5. The second-order valence-electron chi connectivity index (χ2n) is 12.3. The molecule has 0 spiro atoms. The van der Waals surface area contributed by atoms with Crippen LogP contribution in [0.15, 0.2) is 110 Å². The molecule has 0 aromatic heterocycles. The summed E-state index contributed by atoms with van der Waals surface area (Å²) in [4.78, 5) is 22.4. The van der Waals surface area contributed by atoms with Crippen LogP contribution in [-0.4, -0.2) is 38.4 Å². The van der Waals surface area contributed by atoms with Crippen LogP contribution in [0.5, 0.6) is 11.5 Å². The molecule has 254 valence electrons. The van der Waals surface area contributed by atoms with E-state index in [1.54, 1.807) is 0 Å². The minimum Gasteiger partial charge on any atom is -0.493 e. The van der Waals surface area contributed by atoms with Crippen molar-refractivity contribution in [2.24, 2.45) is 0 Å². The van der Waals surface area contributed by atoms with E-state index in [-0.39, 0.29) is 5.41 Å². The number of hydrogen-bond donors (Lipinski definition) is 0. The standard InChI is InChI=1S/C43H46O6/c1-5-23-43(24-6-2)39-29-33(31-11-17-35(18-12-31)46-25-9-27-48-41(44)7-3)15-21-37(39)38-22-16-34(30-40(38)43)32-13-19-36(20-14-32)47-26-10-28-49-42(45)8-4/h7-8,11-22,29-30H,3-6,9-10,23-28H2,1-2H3. The number of benzene rings is 4. The summed E-state index contributed by atoms with van der Waals surface area (Å²) >= 11 is 0. The monoisotopic (exact) mass is 658 g/mol. The Morgan fingerprint density at radius 1 is 0.571 bits per heavy atom. The van der Waals surface area contributed by atoms with Gasteiger partial charge in [0.2, 0.25) is 0 Å². The summed E-state index contributed by atoms with van der Waals surface area (Å²) in [7, 11) is 0. The predicted octanol–water partition coefficient (Wildman–Crippen LogP) is 9.88. The molecule has 0 fully saturated rings. The second-order valence-corrected chi connectivity index (χ2v) is 12.3. The molecule has 0 radical (unpaired) electrons. The molecule has 5 rings (SSSR count). The van der Waals surface area contributed by atoms with Gasteiger partial charge in [0.15, 0.2) is 0 Å². The molecular formula is C43H46O6. The Labute approximate surface area is 290 Å². The van der Waals surface area contributed by atoms with E-state index >= 15 is 0 Å². The minimum absolute atomic E-state index is 0.0591. The molecule has 4 aromatic carbocycles. The molecule has 0 amide bonds. The first-order valence-electron chi connectivity index (χ1n) is 17.3. The number of hydrogen-bond acceptors (Lipinski definition) is 6. The third-order valence-corrected chi connectivity index (χ3v) is 9.03. The molecule has 49 heavy (non-hydrogen) atoms. The van der Waals surface area contributed by atoms with E-state index in [0.717, 1.165) is 48.3 Å². The van der Waals surface area contributed by atoms with Crippen molar-refractivity contribution in [2.75, 3.05) is 26.4 Å². The summed E-state index contributed by atoms with van der Waals surface area (Å²) in [6.45, 7) is 12.9. The maximum absolute atomic E-state index is 11.2. The maximum Gasteiger partial charge on any atom is 0.330 e. The highest BCUT2D eigenvalue weighted by Crippen LogP contribution is 2.55. The number of esters is 2. The van der Waals surface area contributed by atoms with E-state index in [4.69, 9.17) is 18.9 Å². The van der Waals surface area contributed by atoms with Gasteiger partial charge in [-0.3, -0.25) is 0 Å². The van der Waals surface area contributed by atoms with E-state index < -0.39 is 11.9 Å². The predicted molar refractivity (Wildman–Crippen MR) is 196 cm³/mol. The lowest BCUT2D eigenvalue weighted by molar-refractivity contribution is -0.138. The largest absolute Gasteiger partial charge is 0.493 e. The van der Waals surface area contributed by atoms with Crippen molar-refractivity contribution in [2.45, 2.75) is 57.8 Å². The van der Waals surface area contributed by atoms with Gasteiger partial charge in [-0.05, 0) is 93.7 Å². The van der Waals surface area contributed by atoms with Gasteiger partial charge in [-0.15, -0.1) is 0 Å². The molecule has 6 heteroatoms. The number of carbonyl (C=O) groups is 2. The highest BCUT2D eigenvalue weighted by Gasteiger charge is 2.42. The Morgan fingerprint density at radius 3 is 1.33 bits per heavy atom. The van der Waals surface area contributed by atoms with Crippen molar-refractivity contribution < 1.29 is 28.5 Å². The van der Waals surface area contributed by atoms with Crippen LogP contribution in [0, 0.1) is 0 Å². The zero-order valence-electron chi connectivity index (χ0n) is 28.7. The SMILES string of the molecule is C=CC(=O)OCCCOc1ccc(-c2ccc3c(c2)C(CCC)(CCC)c2cc(-c4ccc(OCCCOC(=O)C=C)cc4)ccc2-3)cc1. The van der Waals surface area contributed by atoms with Gasteiger partial charge in [-0.1, -0.05) is 88.4 Å². The van der Waals surface area contributed by atoms with Crippen LogP contribution in [0.2, 0.25) is 0 Å². The summed E-state index contributed by atoms with van der Waals surface area (Å²) in [5.41, 5.74) is 10.1. The molecule has 4 aromatic rings. The fourth-order valence-electron chi connectivity index (χ4n) is 6.82. The van der Waals surface area contributed by atoms with Crippen LogP contribution in [0.1, 0.15) is 63.5 Å². The van der Waals surface area contributed by atoms with Crippen molar-refractivity contribution in [1.29, 1.82) is 0 Å². The molecule has 0 unspecified atom stereocenters. The molecule has 0 saturated heterocycles. The molecular weight excluding hydrogens is 612 g/mol. The van der Waals surface area contributed by atoms with Crippen LogP contribution in [0.3, 0.4) is 0 Å². The molecule has 0 N–H and O–H groups in total. The molecule has 0 bridgehead atoms. The Morgan fingerprint density at radius 2 is 0.959 bits per heavy atom. The number of ether oxygens (including phenoxy) is 4. The summed E-state index contributed by atoms with van der Waals surface area (Å²) in [6.07, 6.45) is 7.90. The van der Waals surface area contributed by atoms with Crippen LogP contribution in [-0.2, 0) is 24.5 Å². The quantitative estimate of drug-likeness (QED) is 0.0602. The third-order valence-electron chi connectivity index (χ3n) is 9.03. The van der Waals surface area contributed by atoms with Crippen molar-refractivity contribution in [3.8, 4) is 44.9 Å². The molecule has 1 aliphatic carbocycles. The van der Waals surface area contributed by atoms with E-state index in [1.165, 1.54) is 45.5 Å². The van der Waals surface area contributed by atoms with Crippen molar-refractivity contribution in [3.05, 3.63) is 121 Å². The van der Waals surface area contributed by atoms with Crippen LogP contribution in [0.25, 0.3) is 33.4 Å². The van der Waals surface area contributed by atoms with Crippen LogP contribution in [0.4, 0.5) is 0 Å². The molecule has 0 saturated carbocycles. The van der Waals surface area contributed by atoms with E-state index in [0.29, 0.717) is 39.3 Å². The molecule has 6 nitrogen and oxygen atoms in total. The van der Waals surface area contributed by atoms with Crippen LogP contribution < -0.4 is 9.47 Å². The lowest BCUT2D eigenvalue weighted by Crippen LogP contribution is -2.25. The van der Waals surface area contributed by atoms with Crippen molar-refractivity contribution >= 4 is 11.9 Å². The fraction of sp³-hybridized carbons (Fsp3) is 0.302. The first kappa shape index (κ1) is 35.2. The zero-order valence-corrected chi connectivity index (χ0v) is 28.7. The van der Waals surface area contributed by atoms with E-state index in [2.05, 4.69) is 87.7 Å². The third kappa shape index (κ3) is 8.32. The number of carbonyl (C=O) groups excluding carboxylic acids is 2. The first-order chi connectivity index (χ1) is 23.9. The van der Waals surface area contributed by atoms with Gasteiger partial charge in [0.1, 0.15) is 11.5 Å². The lowest BCUT2D eigenvalue weighted by atomic mass is 9.71. The topological polar surface area (TPSA) is 71.1 Å². The summed E-state index contributed by atoms with van der Waals surface area (Å²) in [5.74, 6) is 0.746. The average molecular weight is 659 g/mol. The number of rotatable bonds is 18. The van der Waals surface area contributed by atoms with E-state index in [1.807, 2.05) is 24.3 Å². The lowest BCUT2D eigenvalue weighted by Gasteiger charge is -2.32. The van der Waals surface area contributed by atoms with E-state index in [9.17, 15) is 9.59 Å². The summed E-state index contributed by atoms with van der Waals surface area (Å²) in [6, 6.07) is 30.3. The van der Waals surface area contributed by atoms with Gasteiger partial charge >= 0.3 is 11.9 Å². The van der Waals surface area contributed by atoms with Gasteiger partial charge < -0.3 is 18.9 Å². The fourth-order valence-corrected chi connectivity index (χ4v) is 6.82. The normalized spacial score (nSPS) is 12.4. The van der Waals surface area contributed by atoms with Gasteiger partial charge in [0, 0.05) is 30.4 Å². The molecule has 0 atom stereocenters.